The van der Waals surface area contributed by atoms with E-state index in [1.165, 1.54) is 18.6 Å². The topological polar surface area (TPSA) is 25.8 Å². The molecule has 3 rings (SSSR count). The highest BCUT2D eigenvalue weighted by molar-refractivity contribution is 6.34. The lowest BCUT2D eigenvalue weighted by atomic mass is 9.85. The minimum absolute atomic E-state index is 0.311. The van der Waals surface area contributed by atoms with Gasteiger partial charge in [-0.15, -0.1) is 0 Å². The SMILES string of the molecule is Fc1ccc2nc(C3CCC3)nc(Cl)c2c1. The maximum Gasteiger partial charge on any atom is 0.140 e. The Kier molecular flexibility index (Phi) is 2.28. The van der Waals surface area contributed by atoms with Gasteiger partial charge in [0.1, 0.15) is 16.8 Å². The van der Waals surface area contributed by atoms with Crippen molar-refractivity contribution in [3.05, 3.63) is 35.0 Å². The Balaban J connectivity index is 2.17. The van der Waals surface area contributed by atoms with Gasteiger partial charge in [-0.1, -0.05) is 18.0 Å². The van der Waals surface area contributed by atoms with Crippen LogP contribution in [0.15, 0.2) is 18.2 Å². The number of halogens is 2. The Hall–Kier alpha value is -1.22. The van der Waals surface area contributed by atoms with E-state index in [0.29, 0.717) is 16.5 Å². The summed E-state index contributed by atoms with van der Waals surface area (Å²) in [5.41, 5.74) is 0.725. The van der Waals surface area contributed by atoms with E-state index in [-0.39, 0.29) is 5.82 Å². The Labute approximate surface area is 97.5 Å². The molecule has 0 unspecified atom stereocenters. The lowest BCUT2D eigenvalue weighted by Crippen LogP contribution is -2.12. The predicted octanol–water partition coefficient (Wildman–Crippen LogP) is 3.69. The molecule has 0 spiro atoms. The molecular formula is C12H10ClFN2. The highest BCUT2D eigenvalue weighted by Gasteiger charge is 2.23. The first kappa shape index (κ1) is 9.97. The fraction of sp³-hybridized carbons (Fsp3) is 0.333. The Morgan fingerprint density at radius 1 is 1.25 bits per heavy atom. The summed E-state index contributed by atoms with van der Waals surface area (Å²) in [4.78, 5) is 8.69. The van der Waals surface area contributed by atoms with Crippen LogP contribution < -0.4 is 0 Å². The standard InChI is InChI=1S/C12H10ClFN2/c13-11-9-6-8(14)4-5-10(9)15-12(16-11)7-2-1-3-7/h4-7H,1-3H2. The van der Waals surface area contributed by atoms with Crippen LogP contribution in [0.4, 0.5) is 4.39 Å². The van der Waals surface area contributed by atoms with E-state index in [1.54, 1.807) is 6.07 Å². The van der Waals surface area contributed by atoms with Crippen LogP contribution in [-0.4, -0.2) is 9.97 Å². The van der Waals surface area contributed by atoms with Crippen molar-refractivity contribution in [3.63, 3.8) is 0 Å². The molecule has 0 N–H and O–H groups in total. The Morgan fingerprint density at radius 3 is 2.75 bits per heavy atom. The number of hydrogen-bond acceptors (Lipinski definition) is 2. The first-order valence-electron chi connectivity index (χ1n) is 5.37. The molecule has 0 aliphatic heterocycles. The zero-order valence-electron chi connectivity index (χ0n) is 8.58. The normalized spacial score (nSPS) is 16.4. The second-order valence-corrected chi connectivity index (χ2v) is 4.52. The van der Waals surface area contributed by atoms with Gasteiger partial charge in [0.2, 0.25) is 0 Å². The lowest BCUT2D eigenvalue weighted by Gasteiger charge is -2.23. The third-order valence-corrected chi connectivity index (χ3v) is 3.39. The van der Waals surface area contributed by atoms with Crippen LogP contribution in [-0.2, 0) is 0 Å². The summed E-state index contributed by atoms with van der Waals surface area (Å²) in [5, 5.41) is 0.941. The smallest absolute Gasteiger partial charge is 0.140 e. The zero-order valence-corrected chi connectivity index (χ0v) is 9.34. The van der Waals surface area contributed by atoms with Gasteiger partial charge in [0.15, 0.2) is 0 Å². The number of hydrogen-bond donors (Lipinski definition) is 0. The van der Waals surface area contributed by atoms with Crippen molar-refractivity contribution < 1.29 is 4.39 Å². The van der Waals surface area contributed by atoms with Gasteiger partial charge in [0.05, 0.1) is 5.52 Å². The van der Waals surface area contributed by atoms with Gasteiger partial charge in [0.25, 0.3) is 0 Å². The molecule has 2 aromatic rings. The molecule has 1 saturated carbocycles. The van der Waals surface area contributed by atoms with E-state index >= 15 is 0 Å². The second-order valence-electron chi connectivity index (χ2n) is 4.16. The van der Waals surface area contributed by atoms with E-state index in [4.69, 9.17) is 11.6 Å². The number of benzene rings is 1. The van der Waals surface area contributed by atoms with Gasteiger partial charge in [-0.2, -0.15) is 0 Å². The van der Waals surface area contributed by atoms with Gasteiger partial charge >= 0.3 is 0 Å². The minimum Gasteiger partial charge on any atom is -0.232 e. The fourth-order valence-corrected chi connectivity index (χ4v) is 2.17. The minimum atomic E-state index is -0.311. The van der Waals surface area contributed by atoms with Crippen molar-refractivity contribution in [3.8, 4) is 0 Å². The van der Waals surface area contributed by atoms with Crippen molar-refractivity contribution in [2.75, 3.05) is 0 Å². The Morgan fingerprint density at radius 2 is 2.06 bits per heavy atom. The summed E-state index contributed by atoms with van der Waals surface area (Å²) in [6.45, 7) is 0. The van der Waals surface area contributed by atoms with Crippen LogP contribution in [0.1, 0.15) is 31.0 Å². The van der Waals surface area contributed by atoms with Crippen LogP contribution in [0.5, 0.6) is 0 Å². The van der Waals surface area contributed by atoms with Crippen molar-refractivity contribution >= 4 is 22.5 Å². The highest BCUT2D eigenvalue weighted by Crippen LogP contribution is 2.35. The lowest BCUT2D eigenvalue weighted by molar-refractivity contribution is 0.402. The maximum absolute atomic E-state index is 13.0. The third kappa shape index (κ3) is 1.55. The highest BCUT2D eigenvalue weighted by atomic mass is 35.5. The molecule has 4 heteroatoms. The van der Waals surface area contributed by atoms with Gasteiger partial charge in [0, 0.05) is 11.3 Å². The monoisotopic (exact) mass is 236 g/mol. The first-order chi connectivity index (χ1) is 7.74. The largest absolute Gasteiger partial charge is 0.232 e. The van der Waals surface area contributed by atoms with E-state index in [2.05, 4.69) is 9.97 Å². The third-order valence-electron chi connectivity index (χ3n) is 3.10. The van der Waals surface area contributed by atoms with Crippen LogP contribution >= 0.6 is 11.6 Å². The summed E-state index contributed by atoms with van der Waals surface area (Å²) >= 11 is 6.04. The van der Waals surface area contributed by atoms with Crippen molar-refractivity contribution in [2.45, 2.75) is 25.2 Å². The molecule has 1 fully saturated rings. The van der Waals surface area contributed by atoms with Crippen molar-refractivity contribution in [1.29, 1.82) is 0 Å². The summed E-state index contributed by atoms with van der Waals surface area (Å²) in [6, 6.07) is 4.43. The zero-order chi connectivity index (χ0) is 11.1. The van der Waals surface area contributed by atoms with Crippen LogP contribution in [0, 0.1) is 5.82 Å². The fourth-order valence-electron chi connectivity index (χ4n) is 1.93. The second kappa shape index (κ2) is 3.67. The van der Waals surface area contributed by atoms with E-state index in [0.717, 1.165) is 24.2 Å². The van der Waals surface area contributed by atoms with Gasteiger partial charge in [-0.05, 0) is 31.0 Å². The first-order valence-corrected chi connectivity index (χ1v) is 5.74. The van der Waals surface area contributed by atoms with Crippen LogP contribution in [0.25, 0.3) is 10.9 Å². The van der Waals surface area contributed by atoms with Crippen molar-refractivity contribution in [2.24, 2.45) is 0 Å². The molecule has 0 amide bonds. The van der Waals surface area contributed by atoms with Gasteiger partial charge in [-0.25, -0.2) is 14.4 Å². The summed E-state index contributed by atoms with van der Waals surface area (Å²) in [6.07, 6.45) is 3.49. The predicted molar refractivity (Wildman–Crippen MR) is 61.1 cm³/mol. The molecule has 82 valence electrons. The summed E-state index contributed by atoms with van der Waals surface area (Å²) in [5.74, 6) is 0.928. The number of aromatic nitrogens is 2. The van der Waals surface area contributed by atoms with E-state index < -0.39 is 0 Å². The summed E-state index contributed by atoms with van der Waals surface area (Å²) in [7, 11) is 0. The Bertz CT molecular complexity index is 552. The molecule has 1 aliphatic rings. The van der Waals surface area contributed by atoms with E-state index in [1.807, 2.05) is 0 Å². The maximum atomic E-state index is 13.0. The molecular weight excluding hydrogens is 227 g/mol. The molecule has 16 heavy (non-hydrogen) atoms. The molecule has 2 nitrogen and oxygen atoms in total. The van der Waals surface area contributed by atoms with E-state index in [9.17, 15) is 4.39 Å². The molecule has 1 aromatic heterocycles. The molecule has 0 saturated heterocycles. The van der Waals surface area contributed by atoms with Crippen LogP contribution in [0.2, 0.25) is 5.15 Å². The number of nitrogens with zero attached hydrogens (tertiary/aromatic N) is 2. The average Bonchev–Trinajstić information content (AvgIpc) is 2.17. The molecule has 1 heterocycles. The summed E-state index contributed by atoms with van der Waals surface area (Å²) < 4.78 is 13.0. The van der Waals surface area contributed by atoms with Gasteiger partial charge in [-0.3, -0.25) is 0 Å². The molecule has 0 atom stereocenters. The van der Waals surface area contributed by atoms with Crippen molar-refractivity contribution in [1.82, 2.24) is 9.97 Å². The molecule has 1 aromatic carbocycles. The quantitative estimate of drug-likeness (QED) is 0.706. The number of rotatable bonds is 1. The average molecular weight is 237 g/mol. The molecule has 0 bridgehead atoms. The van der Waals surface area contributed by atoms with Gasteiger partial charge < -0.3 is 0 Å². The molecule has 0 radical (unpaired) electrons. The number of fused-ring (bicyclic) bond motifs is 1. The molecule has 1 aliphatic carbocycles. The van der Waals surface area contributed by atoms with Crippen LogP contribution in [0.3, 0.4) is 0 Å².